The van der Waals surface area contributed by atoms with E-state index in [0.717, 1.165) is 62.9 Å². The number of nitrogens with one attached hydrogen (secondary N) is 1. The van der Waals surface area contributed by atoms with E-state index in [0.29, 0.717) is 12.0 Å². The summed E-state index contributed by atoms with van der Waals surface area (Å²) in [6.07, 6.45) is 2.25. The van der Waals surface area contributed by atoms with Gasteiger partial charge in [-0.15, -0.1) is 24.8 Å². The van der Waals surface area contributed by atoms with Gasteiger partial charge in [-0.3, -0.25) is 4.90 Å². The van der Waals surface area contributed by atoms with Crippen molar-refractivity contribution in [1.29, 1.82) is 0 Å². The van der Waals surface area contributed by atoms with Crippen LogP contribution in [-0.2, 0) is 4.74 Å². The van der Waals surface area contributed by atoms with Gasteiger partial charge in [-0.2, -0.15) is 0 Å². The molecule has 2 fully saturated rings. The highest BCUT2D eigenvalue weighted by atomic mass is 35.5. The molecule has 3 rings (SSSR count). The van der Waals surface area contributed by atoms with Crippen LogP contribution in [0.4, 0.5) is 5.69 Å². The van der Waals surface area contributed by atoms with Crippen molar-refractivity contribution in [2.45, 2.75) is 18.9 Å². The molecule has 25 heavy (non-hydrogen) atoms. The Morgan fingerprint density at radius 3 is 2.36 bits per heavy atom. The molecule has 0 radical (unpaired) electrons. The van der Waals surface area contributed by atoms with E-state index in [9.17, 15) is 0 Å². The molecule has 1 aromatic carbocycles. The molecule has 0 amide bonds. The third-order valence-corrected chi connectivity index (χ3v) is 5.40. The van der Waals surface area contributed by atoms with E-state index in [1.165, 1.54) is 5.56 Å². The number of benzene rings is 1. The second-order valence-corrected chi connectivity index (χ2v) is 7.19. The van der Waals surface area contributed by atoms with Crippen molar-refractivity contribution in [3.05, 3.63) is 28.8 Å². The molecule has 7 heteroatoms. The maximum Gasteiger partial charge on any atom is 0.0474 e. The van der Waals surface area contributed by atoms with E-state index in [4.69, 9.17) is 16.3 Å². The summed E-state index contributed by atoms with van der Waals surface area (Å²) in [5.41, 5.74) is 2.44. The smallest absolute Gasteiger partial charge is 0.0474 e. The lowest BCUT2D eigenvalue weighted by molar-refractivity contribution is 0.0213. The first kappa shape index (κ1) is 22.8. The second-order valence-electron chi connectivity index (χ2n) is 6.78. The molecule has 4 nitrogen and oxygen atoms in total. The van der Waals surface area contributed by atoms with Crippen LogP contribution in [-0.4, -0.2) is 58.4 Å². The minimum atomic E-state index is 0. The van der Waals surface area contributed by atoms with E-state index in [-0.39, 0.29) is 24.8 Å². The molecule has 0 aliphatic carbocycles. The van der Waals surface area contributed by atoms with Crippen molar-refractivity contribution in [2.24, 2.45) is 5.92 Å². The lowest BCUT2D eigenvalue weighted by Crippen LogP contribution is -2.47. The van der Waals surface area contributed by atoms with E-state index < -0.39 is 0 Å². The summed E-state index contributed by atoms with van der Waals surface area (Å²) in [7, 11) is 4.11. The normalized spacial score (nSPS) is 20.3. The molecular formula is C18H30Cl3N3O. The van der Waals surface area contributed by atoms with Crippen LogP contribution in [0.15, 0.2) is 18.2 Å². The van der Waals surface area contributed by atoms with Gasteiger partial charge in [-0.1, -0.05) is 17.7 Å². The number of ether oxygens (including phenoxy) is 1. The summed E-state index contributed by atoms with van der Waals surface area (Å²) in [6.45, 7) is 6.06. The van der Waals surface area contributed by atoms with E-state index in [1.807, 2.05) is 0 Å². The molecule has 2 saturated heterocycles. The van der Waals surface area contributed by atoms with Gasteiger partial charge in [-0.25, -0.2) is 0 Å². The minimum absolute atomic E-state index is 0. The maximum absolute atomic E-state index is 6.71. The van der Waals surface area contributed by atoms with Gasteiger partial charge in [-0.05, 0) is 36.5 Å². The van der Waals surface area contributed by atoms with Crippen molar-refractivity contribution in [3.63, 3.8) is 0 Å². The van der Waals surface area contributed by atoms with Crippen LogP contribution in [0.5, 0.6) is 0 Å². The van der Waals surface area contributed by atoms with E-state index >= 15 is 0 Å². The number of piperazine rings is 1. The zero-order valence-corrected chi connectivity index (χ0v) is 17.4. The molecule has 1 N–H and O–H groups in total. The van der Waals surface area contributed by atoms with Gasteiger partial charge in [0.25, 0.3) is 0 Å². The third kappa shape index (κ3) is 5.62. The molecule has 144 valence electrons. The molecule has 1 atom stereocenters. The Morgan fingerprint density at radius 1 is 1.16 bits per heavy atom. The fraction of sp³-hybridized carbons (Fsp3) is 0.667. The highest BCUT2D eigenvalue weighted by Gasteiger charge is 2.32. The summed E-state index contributed by atoms with van der Waals surface area (Å²) >= 11 is 6.71. The lowest BCUT2D eigenvalue weighted by Gasteiger charge is -2.41. The summed E-state index contributed by atoms with van der Waals surface area (Å²) < 4.78 is 5.58. The maximum atomic E-state index is 6.71. The van der Waals surface area contributed by atoms with Crippen molar-refractivity contribution < 1.29 is 4.74 Å². The monoisotopic (exact) mass is 409 g/mol. The minimum Gasteiger partial charge on any atom is -0.381 e. The van der Waals surface area contributed by atoms with Crippen molar-refractivity contribution >= 4 is 42.1 Å². The molecule has 0 saturated carbocycles. The van der Waals surface area contributed by atoms with Crippen LogP contribution in [0.1, 0.15) is 24.4 Å². The Labute approximate surface area is 169 Å². The largest absolute Gasteiger partial charge is 0.381 e. The first-order chi connectivity index (χ1) is 11.2. The number of hydrogen-bond acceptors (Lipinski definition) is 4. The van der Waals surface area contributed by atoms with E-state index in [1.54, 1.807) is 0 Å². The number of nitrogens with zero attached hydrogens (tertiary/aromatic N) is 2. The fourth-order valence-corrected chi connectivity index (χ4v) is 4.06. The third-order valence-electron chi connectivity index (χ3n) is 5.08. The fourth-order valence-electron chi connectivity index (χ4n) is 3.77. The quantitative estimate of drug-likeness (QED) is 0.820. The zero-order chi connectivity index (χ0) is 16.2. The summed E-state index contributed by atoms with van der Waals surface area (Å²) in [4.78, 5) is 4.72. The number of anilines is 1. The Hall–Kier alpha value is -0.230. The molecule has 1 aromatic rings. The Balaban J connectivity index is 0.00000156. The van der Waals surface area contributed by atoms with E-state index in [2.05, 4.69) is 47.4 Å². The van der Waals surface area contributed by atoms with Crippen LogP contribution < -0.4 is 10.2 Å². The lowest BCUT2D eigenvalue weighted by atomic mass is 9.85. The average molecular weight is 411 g/mol. The van der Waals surface area contributed by atoms with Gasteiger partial charge in [0.15, 0.2) is 0 Å². The Bertz CT molecular complexity index is 500. The zero-order valence-electron chi connectivity index (χ0n) is 15.0. The Kier molecular flexibility index (Phi) is 9.86. The predicted octanol–water partition coefficient (Wildman–Crippen LogP) is 3.62. The van der Waals surface area contributed by atoms with Crippen molar-refractivity contribution in [1.82, 2.24) is 10.2 Å². The molecule has 0 spiro atoms. The highest BCUT2D eigenvalue weighted by molar-refractivity contribution is 6.31. The second kappa shape index (κ2) is 10.8. The first-order valence-electron chi connectivity index (χ1n) is 8.66. The summed E-state index contributed by atoms with van der Waals surface area (Å²) in [5.74, 6) is 0.629. The molecule has 2 aliphatic heterocycles. The summed E-state index contributed by atoms with van der Waals surface area (Å²) in [6, 6.07) is 6.94. The molecule has 0 bridgehead atoms. The number of rotatable bonds is 4. The van der Waals surface area contributed by atoms with Gasteiger partial charge in [0, 0.05) is 70.2 Å². The predicted molar refractivity (Wildman–Crippen MR) is 111 cm³/mol. The molecule has 2 heterocycles. The van der Waals surface area contributed by atoms with Gasteiger partial charge in [0.2, 0.25) is 0 Å². The van der Waals surface area contributed by atoms with Crippen LogP contribution in [0.2, 0.25) is 5.02 Å². The van der Waals surface area contributed by atoms with Gasteiger partial charge in [0.05, 0.1) is 0 Å². The SMILES string of the molecule is CN(C)c1ccc([C@H](C2CCOCC2)N2CCNCC2)c(Cl)c1.Cl.Cl. The molecule has 2 aliphatic rings. The Morgan fingerprint density at radius 2 is 1.80 bits per heavy atom. The molecule has 0 unspecified atom stereocenters. The molecule has 0 aromatic heterocycles. The van der Waals surface area contributed by atoms with Gasteiger partial charge >= 0.3 is 0 Å². The van der Waals surface area contributed by atoms with Crippen molar-refractivity contribution in [3.8, 4) is 0 Å². The average Bonchev–Trinajstić information content (AvgIpc) is 2.58. The summed E-state index contributed by atoms with van der Waals surface area (Å²) in [5, 5.41) is 4.35. The molecular weight excluding hydrogens is 381 g/mol. The van der Waals surface area contributed by atoms with Crippen LogP contribution in [0.25, 0.3) is 0 Å². The van der Waals surface area contributed by atoms with Crippen LogP contribution in [0, 0.1) is 5.92 Å². The van der Waals surface area contributed by atoms with Gasteiger partial charge < -0.3 is 15.0 Å². The van der Waals surface area contributed by atoms with Crippen LogP contribution >= 0.6 is 36.4 Å². The highest BCUT2D eigenvalue weighted by Crippen LogP contribution is 2.39. The van der Waals surface area contributed by atoms with Crippen molar-refractivity contribution in [2.75, 3.05) is 58.4 Å². The van der Waals surface area contributed by atoms with Crippen LogP contribution in [0.3, 0.4) is 0 Å². The van der Waals surface area contributed by atoms with Gasteiger partial charge in [0.1, 0.15) is 0 Å². The number of hydrogen-bond donors (Lipinski definition) is 1. The number of halogens is 3. The first-order valence-corrected chi connectivity index (χ1v) is 9.04. The topological polar surface area (TPSA) is 27.7 Å². The standard InChI is InChI=1S/C18H28ClN3O.2ClH/c1-21(2)15-3-4-16(17(19)13-15)18(14-5-11-23-12-6-14)22-9-7-20-8-10-22;;/h3-4,13-14,18,20H,5-12H2,1-2H3;2*1H/t18-;;/m0../s1.